The molecule has 2 fully saturated rings. The van der Waals surface area contributed by atoms with Crippen molar-refractivity contribution in [2.24, 2.45) is 18.9 Å². The van der Waals surface area contributed by atoms with E-state index in [1.807, 2.05) is 31.4 Å². The minimum atomic E-state index is -0.236. The Labute approximate surface area is 236 Å². The first-order valence-corrected chi connectivity index (χ1v) is 15.3. The van der Waals surface area contributed by atoms with Gasteiger partial charge in [0.05, 0.1) is 11.1 Å². The molecule has 2 unspecified atom stereocenters. The molecule has 0 aliphatic heterocycles. The van der Waals surface area contributed by atoms with E-state index in [2.05, 4.69) is 54.0 Å². The van der Waals surface area contributed by atoms with Gasteiger partial charge >= 0.3 is 0 Å². The van der Waals surface area contributed by atoms with E-state index in [1.165, 1.54) is 63.4 Å². The van der Waals surface area contributed by atoms with Crippen LogP contribution in [0.3, 0.4) is 0 Å². The lowest BCUT2D eigenvalue weighted by atomic mass is 9.66. The highest BCUT2D eigenvalue weighted by atomic mass is 19.1. The summed E-state index contributed by atoms with van der Waals surface area (Å²) >= 11 is 0. The molecule has 3 aromatic carbocycles. The van der Waals surface area contributed by atoms with E-state index in [9.17, 15) is 0 Å². The first-order chi connectivity index (χ1) is 19.6. The molecule has 40 heavy (non-hydrogen) atoms. The van der Waals surface area contributed by atoms with Crippen molar-refractivity contribution in [3.63, 3.8) is 0 Å². The van der Waals surface area contributed by atoms with Crippen LogP contribution in [0.4, 0.5) is 4.39 Å². The third-order valence-electron chi connectivity index (χ3n) is 9.98. The van der Waals surface area contributed by atoms with Gasteiger partial charge in [0.25, 0.3) is 0 Å². The van der Waals surface area contributed by atoms with Crippen LogP contribution in [0.1, 0.15) is 74.8 Å². The molecule has 5 aromatic rings. The third kappa shape index (κ3) is 4.35. The summed E-state index contributed by atoms with van der Waals surface area (Å²) in [5, 5.41) is 1.98. The van der Waals surface area contributed by atoms with Crippen molar-refractivity contribution >= 4 is 21.9 Å². The summed E-state index contributed by atoms with van der Waals surface area (Å²) in [5.74, 6) is 2.08. The number of aryl methyl sites for hydroxylation is 2. The molecule has 3 heteroatoms. The van der Waals surface area contributed by atoms with Crippen LogP contribution in [0.15, 0.2) is 77.3 Å². The molecule has 2 aromatic heterocycles. The fourth-order valence-corrected chi connectivity index (χ4v) is 7.95. The molecule has 0 N–H and O–H groups in total. The van der Waals surface area contributed by atoms with Crippen LogP contribution in [0.2, 0.25) is 0 Å². The largest absolute Gasteiger partial charge is 0.454 e. The zero-order chi connectivity index (χ0) is 27.2. The molecule has 0 spiro atoms. The Morgan fingerprint density at radius 2 is 1.43 bits per heavy atom. The summed E-state index contributed by atoms with van der Waals surface area (Å²) in [6, 6.07) is 22.7. The van der Waals surface area contributed by atoms with Gasteiger partial charge in [-0.05, 0) is 72.4 Å². The van der Waals surface area contributed by atoms with Crippen LogP contribution in [0, 0.1) is 24.6 Å². The SMILES string of the molecule is Cc1ccc2c(oc3c(-c4ccc(C5CCCCC5C5CCCCC5)cc4)c(F)ccc32)c1-c1cccc[n+]1C. The average molecular weight is 533 g/mol. The van der Waals surface area contributed by atoms with E-state index in [-0.39, 0.29) is 5.82 Å². The summed E-state index contributed by atoms with van der Waals surface area (Å²) in [6.45, 7) is 2.11. The molecule has 7 rings (SSSR count). The molecule has 0 saturated heterocycles. The Kier molecular flexibility index (Phi) is 6.70. The molecular formula is C37H39FNO+. The van der Waals surface area contributed by atoms with Gasteiger partial charge in [-0.15, -0.1) is 0 Å². The summed E-state index contributed by atoms with van der Waals surface area (Å²) in [5.41, 5.74) is 7.61. The van der Waals surface area contributed by atoms with E-state index < -0.39 is 0 Å². The van der Waals surface area contributed by atoms with Gasteiger partial charge < -0.3 is 4.42 Å². The van der Waals surface area contributed by atoms with Crippen LogP contribution in [-0.2, 0) is 7.05 Å². The van der Waals surface area contributed by atoms with Gasteiger partial charge in [-0.3, -0.25) is 0 Å². The standard InChI is InChI=1S/C37H39FNO/c1-24-15-20-30-31-21-22-32(38)35(37(31)40-36(30)34(24)33-14-8-9-23-39(33)2)27-18-16-26(17-19-27)29-13-7-6-12-28(29)25-10-4-3-5-11-25/h8-9,14-23,25,28-29H,3-7,10-13H2,1-2H3/q+1. The van der Waals surface area contributed by atoms with Crippen LogP contribution in [0.25, 0.3) is 44.3 Å². The van der Waals surface area contributed by atoms with Crippen molar-refractivity contribution in [2.75, 3.05) is 0 Å². The van der Waals surface area contributed by atoms with E-state index in [0.29, 0.717) is 17.1 Å². The number of rotatable bonds is 4. The number of furan rings is 1. The Balaban J connectivity index is 1.31. The molecule has 2 aliphatic carbocycles. The molecule has 2 atom stereocenters. The highest BCUT2D eigenvalue weighted by Gasteiger charge is 2.33. The fourth-order valence-electron chi connectivity index (χ4n) is 7.95. The lowest BCUT2D eigenvalue weighted by Crippen LogP contribution is -2.30. The summed E-state index contributed by atoms with van der Waals surface area (Å²) in [7, 11) is 2.05. The van der Waals surface area contributed by atoms with E-state index in [4.69, 9.17) is 4.42 Å². The van der Waals surface area contributed by atoms with Gasteiger partial charge in [0, 0.05) is 22.9 Å². The Morgan fingerprint density at radius 3 is 2.20 bits per heavy atom. The summed E-state index contributed by atoms with van der Waals surface area (Å²) in [4.78, 5) is 0. The molecule has 2 heterocycles. The average Bonchev–Trinajstić information content (AvgIpc) is 3.36. The van der Waals surface area contributed by atoms with Crippen molar-refractivity contribution in [3.05, 3.63) is 89.9 Å². The normalized spacial score (nSPS) is 20.4. The number of benzene rings is 3. The number of fused-ring (bicyclic) bond motifs is 3. The minimum Gasteiger partial charge on any atom is -0.454 e. The van der Waals surface area contributed by atoms with Gasteiger partial charge in [-0.25, -0.2) is 8.96 Å². The first-order valence-electron chi connectivity index (χ1n) is 15.3. The Morgan fingerprint density at radius 1 is 0.725 bits per heavy atom. The maximum absolute atomic E-state index is 15.6. The number of pyridine rings is 1. The highest BCUT2D eigenvalue weighted by Crippen LogP contribution is 2.47. The van der Waals surface area contributed by atoms with Gasteiger partial charge in [0.1, 0.15) is 24.0 Å². The molecule has 0 radical (unpaired) electrons. The lowest BCUT2D eigenvalue weighted by Gasteiger charge is -2.39. The summed E-state index contributed by atoms with van der Waals surface area (Å²) < 4.78 is 24.3. The van der Waals surface area contributed by atoms with Crippen LogP contribution < -0.4 is 4.57 Å². The Hall–Kier alpha value is -3.46. The lowest BCUT2D eigenvalue weighted by molar-refractivity contribution is -0.660. The molecular weight excluding hydrogens is 493 g/mol. The van der Waals surface area contributed by atoms with Crippen molar-refractivity contribution in [1.82, 2.24) is 0 Å². The van der Waals surface area contributed by atoms with Crippen molar-refractivity contribution in [3.8, 4) is 22.4 Å². The number of hydrogen-bond acceptors (Lipinski definition) is 1. The Bertz CT molecular complexity index is 1670. The molecule has 0 amide bonds. The number of hydrogen-bond donors (Lipinski definition) is 0. The van der Waals surface area contributed by atoms with Gasteiger partial charge in [-0.1, -0.05) is 81.3 Å². The molecule has 2 nitrogen and oxygen atoms in total. The predicted octanol–water partition coefficient (Wildman–Crippen LogP) is 10.0. The fraction of sp³-hybridized carbons (Fsp3) is 0.378. The smallest absolute Gasteiger partial charge is 0.216 e. The maximum atomic E-state index is 15.6. The zero-order valence-electron chi connectivity index (χ0n) is 23.8. The molecule has 2 saturated carbocycles. The molecule has 204 valence electrons. The second kappa shape index (κ2) is 10.5. The highest BCUT2D eigenvalue weighted by molar-refractivity contribution is 6.13. The topological polar surface area (TPSA) is 17.0 Å². The van der Waals surface area contributed by atoms with Crippen molar-refractivity contribution in [2.45, 2.75) is 70.6 Å². The maximum Gasteiger partial charge on any atom is 0.216 e. The quantitative estimate of drug-likeness (QED) is 0.210. The number of aromatic nitrogens is 1. The van der Waals surface area contributed by atoms with E-state index >= 15 is 4.39 Å². The van der Waals surface area contributed by atoms with E-state index in [1.54, 1.807) is 6.07 Å². The van der Waals surface area contributed by atoms with Gasteiger partial charge in [-0.2, -0.15) is 0 Å². The number of nitrogens with zero attached hydrogens (tertiary/aromatic N) is 1. The zero-order valence-corrected chi connectivity index (χ0v) is 23.8. The second-order valence-electron chi connectivity index (χ2n) is 12.3. The third-order valence-corrected chi connectivity index (χ3v) is 9.98. The number of halogens is 1. The summed E-state index contributed by atoms with van der Waals surface area (Å²) in [6.07, 6.45) is 14.4. The molecule has 0 bridgehead atoms. The van der Waals surface area contributed by atoms with Crippen LogP contribution in [0.5, 0.6) is 0 Å². The van der Waals surface area contributed by atoms with E-state index in [0.717, 1.165) is 50.6 Å². The van der Waals surface area contributed by atoms with Crippen molar-refractivity contribution in [1.29, 1.82) is 0 Å². The first kappa shape index (κ1) is 25.5. The van der Waals surface area contributed by atoms with Gasteiger partial charge in [0.2, 0.25) is 5.69 Å². The van der Waals surface area contributed by atoms with Gasteiger partial charge in [0.15, 0.2) is 6.20 Å². The van der Waals surface area contributed by atoms with Crippen LogP contribution in [-0.4, -0.2) is 0 Å². The van der Waals surface area contributed by atoms with Crippen LogP contribution >= 0.6 is 0 Å². The monoisotopic (exact) mass is 532 g/mol. The second-order valence-corrected chi connectivity index (χ2v) is 12.3. The van der Waals surface area contributed by atoms with Crippen molar-refractivity contribution < 1.29 is 13.4 Å². The molecule has 2 aliphatic rings. The minimum absolute atomic E-state index is 0.236. The predicted molar refractivity (Wildman–Crippen MR) is 162 cm³/mol.